The van der Waals surface area contributed by atoms with Crippen molar-refractivity contribution in [1.82, 2.24) is 9.97 Å². The van der Waals surface area contributed by atoms with Crippen molar-refractivity contribution in [3.05, 3.63) is 47.0 Å². The Morgan fingerprint density at radius 1 is 1.00 bits per heavy atom. The number of aromatic nitrogens is 2. The van der Waals surface area contributed by atoms with Gasteiger partial charge in [-0.15, -0.1) is 0 Å². The Hall–Kier alpha value is -2.23. The number of carboxylic acids is 1. The van der Waals surface area contributed by atoms with Crippen molar-refractivity contribution in [2.45, 2.75) is 20.8 Å². The summed E-state index contributed by atoms with van der Waals surface area (Å²) in [5, 5.41) is 9.22. The van der Waals surface area contributed by atoms with E-state index in [1.807, 2.05) is 26.8 Å². The first-order valence-electron chi connectivity index (χ1n) is 5.62. The second-order valence-electron chi connectivity index (χ2n) is 4.32. The Balaban J connectivity index is 2.73. The van der Waals surface area contributed by atoms with Gasteiger partial charge in [-0.2, -0.15) is 0 Å². The molecule has 0 aliphatic carbocycles. The van der Waals surface area contributed by atoms with E-state index in [0.29, 0.717) is 5.56 Å². The van der Waals surface area contributed by atoms with E-state index < -0.39 is 5.97 Å². The van der Waals surface area contributed by atoms with Gasteiger partial charge in [0.2, 0.25) is 0 Å². The number of nitrogens with zero attached hydrogens (tertiary/aromatic N) is 2. The van der Waals surface area contributed by atoms with Crippen molar-refractivity contribution in [1.29, 1.82) is 0 Å². The normalized spacial score (nSPS) is 10.4. The summed E-state index contributed by atoms with van der Waals surface area (Å²) in [6.45, 7) is 5.65. The average molecular weight is 242 g/mol. The number of rotatable bonds is 2. The minimum absolute atomic E-state index is 0.217. The van der Waals surface area contributed by atoms with Crippen molar-refractivity contribution in [3.63, 3.8) is 0 Å². The van der Waals surface area contributed by atoms with Crippen molar-refractivity contribution < 1.29 is 9.90 Å². The quantitative estimate of drug-likeness (QED) is 0.879. The van der Waals surface area contributed by atoms with E-state index >= 15 is 0 Å². The third-order valence-corrected chi connectivity index (χ3v) is 2.80. The summed E-state index contributed by atoms with van der Waals surface area (Å²) >= 11 is 0. The number of hydrogen-bond donors (Lipinski definition) is 1. The highest BCUT2D eigenvalue weighted by Gasteiger charge is 2.14. The van der Waals surface area contributed by atoms with Gasteiger partial charge in [0, 0.05) is 23.8 Å². The molecule has 0 aliphatic heterocycles. The fourth-order valence-corrected chi connectivity index (χ4v) is 1.87. The number of pyridine rings is 2. The zero-order chi connectivity index (χ0) is 13.3. The summed E-state index contributed by atoms with van der Waals surface area (Å²) < 4.78 is 0. The maximum absolute atomic E-state index is 11.2. The van der Waals surface area contributed by atoms with Crippen LogP contribution in [0.1, 0.15) is 27.3 Å². The van der Waals surface area contributed by atoms with Crippen LogP contribution in [0.4, 0.5) is 0 Å². The first-order chi connectivity index (χ1) is 8.49. The second kappa shape index (κ2) is 4.56. The number of carbonyl (C=O) groups is 1. The van der Waals surface area contributed by atoms with E-state index in [2.05, 4.69) is 9.97 Å². The molecule has 0 bridgehead atoms. The zero-order valence-corrected chi connectivity index (χ0v) is 10.6. The van der Waals surface area contributed by atoms with Crippen LogP contribution in [-0.2, 0) is 0 Å². The van der Waals surface area contributed by atoms with Crippen LogP contribution in [0.25, 0.3) is 11.1 Å². The Bertz CT molecular complexity index is 621. The van der Waals surface area contributed by atoms with Crippen molar-refractivity contribution in [3.8, 4) is 11.1 Å². The van der Waals surface area contributed by atoms with Gasteiger partial charge < -0.3 is 5.11 Å². The van der Waals surface area contributed by atoms with E-state index in [0.717, 1.165) is 22.5 Å². The summed E-state index contributed by atoms with van der Waals surface area (Å²) in [7, 11) is 0. The van der Waals surface area contributed by atoms with Crippen LogP contribution >= 0.6 is 0 Å². The fourth-order valence-electron chi connectivity index (χ4n) is 1.87. The molecule has 0 saturated heterocycles. The average Bonchev–Trinajstić information content (AvgIpc) is 2.31. The number of carboxylic acid groups (broad SMARTS) is 1. The van der Waals surface area contributed by atoms with Gasteiger partial charge in [0.1, 0.15) is 0 Å². The Morgan fingerprint density at radius 2 is 1.56 bits per heavy atom. The molecule has 0 atom stereocenters. The summed E-state index contributed by atoms with van der Waals surface area (Å²) in [5.74, 6) is -0.966. The molecule has 2 aromatic heterocycles. The predicted molar refractivity (Wildman–Crippen MR) is 68.6 cm³/mol. The van der Waals surface area contributed by atoms with Crippen LogP contribution in [0.3, 0.4) is 0 Å². The lowest BCUT2D eigenvalue weighted by molar-refractivity contribution is 0.0697. The highest BCUT2D eigenvalue weighted by atomic mass is 16.4. The van der Waals surface area contributed by atoms with Gasteiger partial charge in [-0.25, -0.2) is 4.79 Å². The van der Waals surface area contributed by atoms with Crippen LogP contribution in [0.15, 0.2) is 24.5 Å². The lowest BCUT2D eigenvalue weighted by Gasteiger charge is -2.10. The molecule has 0 aromatic carbocycles. The Kier molecular flexibility index (Phi) is 3.10. The van der Waals surface area contributed by atoms with Crippen molar-refractivity contribution in [2.24, 2.45) is 0 Å². The molecule has 0 radical (unpaired) electrons. The van der Waals surface area contributed by atoms with Gasteiger partial charge >= 0.3 is 5.97 Å². The fraction of sp³-hybridized carbons (Fsp3) is 0.214. The van der Waals surface area contributed by atoms with Gasteiger partial charge in [0.15, 0.2) is 0 Å². The molecule has 0 spiro atoms. The van der Waals surface area contributed by atoms with Gasteiger partial charge in [-0.1, -0.05) is 0 Å². The molecule has 1 N–H and O–H groups in total. The molecule has 0 fully saturated rings. The van der Waals surface area contributed by atoms with E-state index in [4.69, 9.17) is 0 Å². The maximum atomic E-state index is 11.2. The van der Waals surface area contributed by atoms with E-state index in [-0.39, 0.29) is 5.56 Å². The van der Waals surface area contributed by atoms with Crippen molar-refractivity contribution in [2.75, 3.05) is 0 Å². The number of aromatic carboxylic acids is 1. The highest BCUT2D eigenvalue weighted by Crippen LogP contribution is 2.27. The summed E-state index contributed by atoms with van der Waals surface area (Å²) in [4.78, 5) is 19.5. The number of hydrogen-bond acceptors (Lipinski definition) is 3. The highest BCUT2D eigenvalue weighted by molar-refractivity contribution is 5.96. The molecule has 4 nitrogen and oxygen atoms in total. The lowest BCUT2D eigenvalue weighted by Crippen LogP contribution is -2.02. The molecule has 2 rings (SSSR count). The van der Waals surface area contributed by atoms with Gasteiger partial charge in [-0.3, -0.25) is 9.97 Å². The van der Waals surface area contributed by atoms with E-state index in [1.165, 1.54) is 6.20 Å². The summed E-state index contributed by atoms with van der Waals surface area (Å²) in [6.07, 6.45) is 3.16. The number of aryl methyl sites for hydroxylation is 3. The topological polar surface area (TPSA) is 63.1 Å². The molecule has 4 heteroatoms. The molecular formula is C14H14N2O2. The summed E-state index contributed by atoms with van der Waals surface area (Å²) in [5.41, 5.74) is 4.41. The minimum atomic E-state index is -0.966. The summed E-state index contributed by atoms with van der Waals surface area (Å²) in [6, 6.07) is 3.70. The molecule has 0 unspecified atom stereocenters. The maximum Gasteiger partial charge on any atom is 0.337 e. The van der Waals surface area contributed by atoms with Crippen LogP contribution in [0.2, 0.25) is 0 Å². The Labute approximate surface area is 105 Å². The first kappa shape index (κ1) is 12.2. The van der Waals surface area contributed by atoms with Crippen LogP contribution in [-0.4, -0.2) is 21.0 Å². The van der Waals surface area contributed by atoms with Gasteiger partial charge in [-0.05, 0) is 49.6 Å². The molecule has 18 heavy (non-hydrogen) atoms. The molecule has 0 saturated carbocycles. The molecule has 2 aromatic rings. The second-order valence-corrected chi connectivity index (χ2v) is 4.32. The third-order valence-electron chi connectivity index (χ3n) is 2.80. The SMILES string of the molecule is Cc1cc(-c2cc(C)ncc2C(=O)O)c(C)cn1. The third kappa shape index (κ3) is 2.22. The van der Waals surface area contributed by atoms with Crippen LogP contribution in [0.5, 0.6) is 0 Å². The van der Waals surface area contributed by atoms with Gasteiger partial charge in [0.25, 0.3) is 0 Å². The van der Waals surface area contributed by atoms with E-state index in [9.17, 15) is 9.90 Å². The first-order valence-corrected chi connectivity index (χ1v) is 5.62. The molecule has 2 heterocycles. The standard InChI is InChI=1S/C14H14N2O2/c1-8-6-15-9(2)4-11(8)12-5-10(3)16-7-13(12)14(17)18/h4-7H,1-3H3,(H,17,18). The molecule has 92 valence electrons. The lowest BCUT2D eigenvalue weighted by atomic mass is 9.97. The smallest absolute Gasteiger partial charge is 0.337 e. The Morgan fingerprint density at radius 3 is 2.17 bits per heavy atom. The van der Waals surface area contributed by atoms with Crippen LogP contribution < -0.4 is 0 Å². The largest absolute Gasteiger partial charge is 0.478 e. The minimum Gasteiger partial charge on any atom is -0.478 e. The van der Waals surface area contributed by atoms with Crippen LogP contribution in [0, 0.1) is 20.8 Å². The monoisotopic (exact) mass is 242 g/mol. The molecule has 0 aliphatic rings. The molecule has 0 amide bonds. The van der Waals surface area contributed by atoms with Crippen molar-refractivity contribution >= 4 is 5.97 Å². The predicted octanol–water partition coefficient (Wildman–Crippen LogP) is 2.77. The van der Waals surface area contributed by atoms with Gasteiger partial charge in [0.05, 0.1) is 5.56 Å². The van der Waals surface area contributed by atoms with E-state index in [1.54, 1.807) is 12.3 Å². The molecular weight excluding hydrogens is 228 g/mol. The zero-order valence-electron chi connectivity index (χ0n) is 10.6.